The van der Waals surface area contributed by atoms with Crippen LogP contribution in [-0.2, 0) is 9.53 Å². The van der Waals surface area contributed by atoms with Gasteiger partial charge < -0.3 is 10.1 Å². The molecular weight excluding hydrogens is 334 g/mol. The molecule has 8 nitrogen and oxygen atoms in total. The fourth-order valence-electron chi connectivity index (χ4n) is 1.68. The van der Waals surface area contributed by atoms with E-state index in [1.54, 1.807) is 12.1 Å². The number of nitro groups is 1. The monoisotopic (exact) mass is 345 g/mol. The smallest absolute Gasteiger partial charge is 0.349 e. The van der Waals surface area contributed by atoms with Crippen molar-refractivity contribution in [3.05, 3.63) is 57.0 Å². The molecule has 0 aliphatic heterocycles. The van der Waals surface area contributed by atoms with Crippen molar-refractivity contribution in [2.75, 3.05) is 5.32 Å². The maximum Gasteiger partial charge on any atom is 0.349 e. The average molecular weight is 345 g/mol. The first kappa shape index (κ1) is 17.1. The highest BCUT2D eigenvalue weighted by atomic mass is 32.1. The summed E-state index contributed by atoms with van der Waals surface area (Å²) in [6.07, 6.45) is -1.09. The van der Waals surface area contributed by atoms with Gasteiger partial charge in [-0.1, -0.05) is 11.3 Å². The Labute approximate surface area is 140 Å². The second kappa shape index (κ2) is 7.34. The maximum absolute atomic E-state index is 12.0. The van der Waals surface area contributed by atoms with Gasteiger partial charge >= 0.3 is 11.0 Å². The summed E-state index contributed by atoms with van der Waals surface area (Å²) in [6.45, 7) is 1.39. The lowest BCUT2D eigenvalue weighted by atomic mass is 10.2. The summed E-state index contributed by atoms with van der Waals surface area (Å²) in [6, 6.07) is 10.6. The molecule has 0 saturated heterocycles. The third-order valence-electron chi connectivity index (χ3n) is 2.91. The van der Waals surface area contributed by atoms with Crippen LogP contribution in [0.25, 0.3) is 0 Å². The average Bonchev–Trinajstić information content (AvgIpc) is 3.06. The van der Waals surface area contributed by atoms with Gasteiger partial charge in [0.05, 0.1) is 16.6 Å². The predicted octanol–water partition coefficient (Wildman–Crippen LogP) is 2.71. The van der Waals surface area contributed by atoms with Crippen LogP contribution in [0.2, 0.25) is 0 Å². The fraction of sp³-hybridized carbons (Fsp3) is 0.133. The number of benzene rings is 1. The molecule has 0 unspecified atom stereocenters. The third-order valence-corrected chi connectivity index (χ3v) is 3.92. The van der Waals surface area contributed by atoms with Crippen LogP contribution in [0.5, 0.6) is 0 Å². The number of nitrogens with one attached hydrogen (secondary N) is 1. The number of anilines is 1. The van der Waals surface area contributed by atoms with Crippen molar-refractivity contribution in [3.8, 4) is 6.07 Å². The lowest BCUT2D eigenvalue weighted by Gasteiger charge is -2.12. The fourth-order valence-corrected chi connectivity index (χ4v) is 2.38. The van der Waals surface area contributed by atoms with Crippen LogP contribution in [0.1, 0.15) is 22.2 Å². The van der Waals surface area contributed by atoms with Crippen LogP contribution in [0, 0.1) is 21.4 Å². The van der Waals surface area contributed by atoms with E-state index in [0.29, 0.717) is 22.6 Å². The standard InChI is InChI=1S/C15H11N3O5S/c1-9(14(19)17-11-4-2-10(8-16)3-5-11)23-15(20)12-6-7-13(24-12)18(21)22/h2-7,9H,1H3,(H,17,19)/t9-/m0/s1. The molecule has 9 heteroatoms. The van der Waals surface area contributed by atoms with E-state index >= 15 is 0 Å². The van der Waals surface area contributed by atoms with E-state index in [9.17, 15) is 19.7 Å². The molecule has 2 aromatic rings. The number of amides is 1. The normalized spacial score (nSPS) is 11.2. The molecule has 1 heterocycles. The number of carbonyl (C=O) groups is 2. The first-order valence-electron chi connectivity index (χ1n) is 6.67. The van der Waals surface area contributed by atoms with Crippen LogP contribution in [0.4, 0.5) is 10.7 Å². The van der Waals surface area contributed by atoms with E-state index < -0.39 is 22.9 Å². The van der Waals surface area contributed by atoms with Gasteiger partial charge in [0.25, 0.3) is 5.91 Å². The molecule has 0 bridgehead atoms. The molecule has 24 heavy (non-hydrogen) atoms. The van der Waals surface area contributed by atoms with Crippen molar-refractivity contribution >= 4 is 33.9 Å². The number of esters is 1. The summed E-state index contributed by atoms with van der Waals surface area (Å²) < 4.78 is 4.99. The predicted molar refractivity (Wildman–Crippen MR) is 85.6 cm³/mol. The van der Waals surface area contributed by atoms with E-state index in [0.717, 1.165) is 0 Å². The first-order chi connectivity index (χ1) is 11.4. The maximum atomic E-state index is 12.0. The number of ether oxygens (including phenoxy) is 1. The Bertz CT molecular complexity index is 822. The van der Waals surface area contributed by atoms with Crippen molar-refractivity contribution in [2.24, 2.45) is 0 Å². The van der Waals surface area contributed by atoms with E-state index in [-0.39, 0.29) is 9.88 Å². The van der Waals surface area contributed by atoms with E-state index in [1.165, 1.54) is 31.2 Å². The topological polar surface area (TPSA) is 122 Å². The zero-order valence-electron chi connectivity index (χ0n) is 12.4. The molecule has 0 radical (unpaired) electrons. The molecule has 0 fully saturated rings. The molecule has 2 rings (SSSR count). The third kappa shape index (κ3) is 4.15. The Morgan fingerprint density at radius 2 is 1.96 bits per heavy atom. The molecule has 0 aliphatic carbocycles. The largest absolute Gasteiger partial charge is 0.448 e. The summed E-state index contributed by atoms with van der Waals surface area (Å²) in [7, 11) is 0. The summed E-state index contributed by atoms with van der Waals surface area (Å²) in [5.74, 6) is -1.37. The minimum Gasteiger partial charge on any atom is -0.448 e. The Balaban J connectivity index is 1.95. The zero-order valence-corrected chi connectivity index (χ0v) is 13.2. The highest BCUT2D eigenvalue weighted by molar-refractivity contribution is 7.17. The van der Waals surface area contributed by atoms with E-state index in [4.69, 9.17) is 10.00 Å². The van der Waals surface area contributed by atoms with Gasteiger partial charge in [-0.2, -0.15) is 5.26 Å². The lowest BCUT2D eigenvalue weighted by molar-refractivity contribution is -0.380. The van der Waals surface area contributed by atoms with E-state index in [2.05, 4.69) is 5.32 Å². The van der Waals surface area contributed by atoms with Crippen molar-refractivity contribution < 1.29 is 19.2 Å². The molecule has 1 N–H and O–H groups in total. The van der Waals surface area contributed by atoms with Gasteiger partial charge in [0, 0.05) is 11.8 Å². The number of nitrogens with zero attached hydrogens (tertiary/aromatic N) is 2. The van der Waals surface area contributed by atoms with Gasteiger partial charge in [-0.25, -0.2) is 4.79 Å². The van der Waals surface area contributed by atoms with Crippen LogP contribution in [0.3, 0.4) is 0 Å². The highest BCUT2D eigenvalue weighted by Crippen LogP contribution is 2.24. The lowest BCUT2D eigenvalue weighted by Crippen LogP contribution is -2.29. The van der Waals surface area contributed by atoms with Gasteiger partial charge in [-0.05, 0) is 37.3 Å². The van der Waals surface area contributed by atoms with Gasteiger partial charge in [-0.15, -0.1) is 0 Å². The quantitative estimate of drug-likeness (QED) is 0.505. The molecule has 1 atom stereocenters. The van der Waals surface area contributed by atoms with Crippen molar-refractivity contribution in [2.45, 2.75) is 13.0 Å². The first-order valence-corrected chi connectivity index (χ1v) is 7.48. The van der Waals surface area contributed by atoms with Crippen LogP contribution in [-0.4, -0.2) is 22.9 Å². The van der Waals surface area contributed by atoms with Gasteiger partial charge in [-0.3, -0.25) is 14.9 Å². The number of rotatable bonds is 5. The summed E-state index contributed by atoms with van der Waals surface area (Å²) in [5.41, 5.74) is 0.903. The van der Waals surface area contributed by atoms with E-state index in [1.807, 2.05) is 6.07 Å². The second-order valence-corrected chi connectivity index (χ2v) is 5.68. The van der Waals surface area contributed by atoms with Crippen molar-refractivity contribution in [1.29, 1.82) is 5.26 Å². The molecule has 1 aromatic carbocycles. The minimum absolute atomic E-state index is 0.0414. The van der Waals surface area contributed by atoms with Gasteiger partial charge in [0.15, 0.2) is 6.10 Å². The highest BCUT2D eigenvalue weighted by Gasteiger charge is 2.22. The van der Waals surface area contributed by atoms with Crippen LogP contribution in [0.15, 0.2) is 36.4 Å². The number of nitriles is 1. The molecule has 0 aliphatic rings. The van der Waals surface area contributed by atoms with Crippen molar-refractivity contribution in [3.63, 3.8) is 0 Å². The van der Waals surface area contributed by atoms with Crippen LogP contribution >= 0.6 is 11.3 Å². The molecule has 1 amide bonds. The molecule has 1 aromatic heterocycles. The number of thiophene rings is 1. The summed E-state index contributed by atoms with van der Waals surface area (Å²) >= 11 is 0.675. The minimum atomic E-state index is -1.09. The van der Waals surface area contributed by atoms with Crippen molar-refractivity contribution in [1.82, 2.24) is 0 Å². The number of hydrogen-bond acceptors (Lipinski definition) is 7. The Morgan fingerprint density at radius 3 is 2.50 bits per heavy atom. The number of hydrogen-bond donors (Lipinski definition) is 1. The molecular formula is C15H11N3O5S. The zero-order chi connectivity index (χ0) is 17.7. The summed E-state index contributed by atoms with van der Waals surface area (Å²) in [5, 5.41) is 21.7. The van der Waals surface area contributed by atoms with Gasteiger partial charge in [0.1, 0.15) is 4.88 Å². The molecule has 122 valence electrons. The molecule has 0 spiro atoms. The van der Waals surface area contributed by atoms with Crippen LogP contribution < -0.4 is 5.32 Å². The Kier molecular flexibility index (Phi) is 5.23. The SMILES string of the molecule is C[C@H](OC(=O)c1ccc([N+](=O)[O-])s1)C(=O)Nc1ccc(C#N)cc1. The number of carbonyl (C=O) groups excluding carboxylic acids is 2. The molecule has 0 saturated carbocycles. The summed E-state index contributed by atoms with van der Waals surface area (Å²) in [4.78, 5) is 33.9. The van der Waals surface area contributed by atoms with Gasteiger partial charge in [0.2, 0.25) is 0 Å². The second-order valence-electron chi connectivity index (χ2n) is 4.62. The Morgan fingerprint density at radius 1 is 1.29 bits per heavy atom. The Hall–Kier alpha value is -3.25.